The van der Waals surface area contributed by atoms with Gasteiger partial charge in [0.15, 0.2) is 0 Å². The molecule has 2 rings (SSSR count). The molecule has 22 heavy (non-hydrogen) atoms. The van der Waals surface area contributed by atoms with E-state index in [1.807, 2.05) is 18.2 Å². The predicted molar refractivity (Wildman–Crippen MR) is 79.3 cm³/mol. The van der Waals surface area contributed by atoms with Gasteiger partial charge in [0.2, 0.25) is 5.78 Å². The highest BCUT2D eigenvalue weighted by atomic mass is 19.3. The summed E-state index contributed by atoms with van der Waals surface area (Å²) in [6, 6.07) is 12.0. The molecule has 0 atom stereocenters. The van der Waals surface area contributed by atoms with E-state index in [0.29, 0.717) is 18.8 Å². The first-order valence-corrected chi connectivity index (χ1v) is 7.10. The molecular formula is C17H17F2NO2. The molecule has 0 aliphatic heterocycles. The highest BCUT2D eigenvalue weighted by molar-refractivity contribution is 6.00. The molecule has 0 bridgehead atoms. The maximum atomic E-state index is 13.8. The first-order valence-electron chi connectivity index (χ1n) is 7.10. The largest absolute Gasteiger partial charge is 0.494 e. The van der Waals surface area contributed by atoms with Gasteiger partial charge < -0.3 is 4.74 Å². The molecule has 3 nitrogen and oxygen atoms in total. The summed E-state index contributed by atoms with van der Waals surface area (Å²) >= 11 is 0. The van der Waals surface area contributed by atoms with Gasteiger partial charge in [0, 0.05) is 24.4 Å². The molecular weight excluding hydrogens is 288 g/mol. The van der Waals surface area contributed by atoms with E-state index in [0.717, 1.165) is 6.20 Å². The summed E-state index contributed by atoms with van der Waals surface area (Å²) in [5, 5.41) is 0. The monoisotopic (exact) mass is 305 g/mol. The van der Waals surface area contributed by atoms with Crippen molar-refractivity contribution < 1.29 is 18.3 Å². The van der Waals surface area contributed by atoms with Crippen LogP contribution in [0.4, 0.5) is 8.78 Å². The van der Waals surface area contributed by atoms with Gasteiger partial charge in [-0.2, -0.15) is 8.78 Å². The Hall–Kier alpha value is -2.30. The molecule has 1 aromatic carbocycles. The lowest BCUT2D eigenvalue weighted by molar-refractivity contribution is 0.00295. The molecule has 0 aliphatic carbocycles. The number of halogens is 2. The van der Waals surface area contributed by atoms with Gasteiger partial charge in [0.1, 0.15) is 5.75 Å². The van der Waals surface area contributed by atoms with Crippen LogP contribution in [0.1, 0.15) is 29.6 Å². The van der Waals surface area contributed by atoms with Crippen molar-refractivity contribution in [1.82, 2.24) is 4.98 Å². The van der Waals surface area contributed by atoms with Crippen LogP contribution in [-0.4, -0.2) is 23.3 Å². The van der Waals surface area contributed by atoms with E-state index < -0.39 is 18.1 Å². The van der Waals surface area contributed by atoms with Crippen molar-refractivity contribution in [1.29, 1.82) is 0 Å². The highest BCUT2D eigenvalue weighted by Gasteiger charge is 2.38. The average molecular weight is 305 g/mol. The number of para-hydroxylation sites is 1. The maximum absolute atomic E-state index is 13.8. The molecule has 1 aromatic heterocycles. The van der Waals surface area contributed by atoms with E-state index in [1.165, 1.54) is 18.3 Å². The summed E-state index contributed by atoms with van der Waals surface area (Å²) in [4.78, 5) is 15.4. The predicted octanol–water partition coefficient (Wildman–Crippen LogP) is 4.15. The first kappa shape index (κ1) is 16.1. The zero-order valence-electron chi connectivity index (χ0n) is 12.0. The molecule has 0 radical (unpaired) electrons. The van der Waals surface area contributed by atoms with Crippen molar-refractivity contribution in [2.45, 2.75) is 25.2 Å². The average Bonchev–Trinajstić information content (AvgIpc) is 2.55. The second-order valence-electron chi connectivity index (χ2n) is 4.89. The fraction of sp³-hybridized carbons (Fsp3) is 0.294. The van der Waals surface area contributed by atoms with Gasteiger partial charge in [-0.25, -0.2) is 0 Å². The summed E-state index contributed by atoms with van der Waals surface area (Å²) in [5.74, 6) is -3.83. The topological polar surface area (TPSA) is 39.2 Å². The molecule has 0 spiro atoms. The number of unbranched alkanes of at least 4 members (excludes halogenated alkanes) is 1. The fourth-order valence-electron chi connectivity index (χ4n) is 1.98. The SMILES string of the molecule is O=C(c1cccnc1)C(F)(F)CCCCOc1ccccc1. The lowest BCUT2D eigenvalue weighted by Gasteiger charge is -2.14. The van der Waals surface area contributed by atoms with Crippen molar-refractivity contribution in [3.8, 4) is 5.75 Å². The minimum Gasteiger partial charge on any atom is -0.494 e. The normalized spacial score (nSPS) is 11.2. The van der Waals surface area contributed by atoms with Crippen LogP contribution >= 0.6 is 0 Å². The van der Waals surface area contributed by atoms with Crippen LogP contribution < -0.4 is 4.74 Å². The van der Waals surface area contributed by atoms with Gasteiger partial charge in [-0.3, -0.25) is 9.78 Å². The minimum atomic E-state index is -3.37. The summed E-state index contributed by atoms with van der Waals surface area (Å²) in [7, 11) is 0. The van der Waals surface area contributed by atoms with Crippen molar-refractivity contribution in [2.75, 3.05) is 6.61 Å². The number of alkyl halides is 2. The van der Waals surface area contributed by atoms with Gasteiger partial charge >= 0.3 is 5.92 Å². The standard InChI is InChI=1S/C17H17F2NO2/c18-17(19,16(21)14-7-6-11-20-13-14)10-4-5-12-22-15-8-2-1-3-9-15/h1-3,6-9,11,13H,4-5,10,12H2. The Morgan fingerprint density at radius 2 is 1.86 bits per heavy atom. The number of ketones is 1. The molecule has 0 saturated carbocycles. The second-order valence-corrected chi connectivity index (χ2v) is 4.89. The molecule has 0 saturated heterocycles. The maximum Gasteiger partial charge on any atom is 0.309 e. The van der Waals surface area contributed by atoms with E-state index >= 15 is 0 Å². The first-order chi connectivity index (χ1) is 10.6. The van der Waals surface area contributed by atoms with Gasteiger partial charge in [0.25, 0.3) is 0 Å². The number of benzene rings is 1. The number of hydrogen-bond donors (Lipinski definition) is 0. The van der Waals surface area contributed by atoms with Gasteiger partial charge in [-0.05, 0) is 37.1 Å². The zero-order valence-corrected chi connectivity index (χ0v) is 12.0. The Kier molecular flexibility index (Phi) is 5.58. The zero-order chi connectivity index (χ0) is 15.8. The second kappa shape index (κ2) is 7.64. The quantitative estimate of drug-likeness (QED) is 0.543. The molecule has 0 fully saturated rings. The third-order valence-electron chi connectivity index (χ3n) is 3.15. The van der Waals surface area contributed by atoms with Crippen LogP contribution in [0.2, 0.25) is 0 Å². The number of hydrogen-bond acceptors (Lipinski definition) is 3. The van der Waals surface area contributed by atoms with E-state index in [-0.39, 0.29) is 12.0 Å². The van der Waals surface area contributed by atoms with Crippen molar-refractivity contribution >= 4 is 5.78 Å². The Labute approximate surface area is 128 Å². The lowest BCUT2D eigenvalue weighted by Crippen LogP contribution is -2.28. The number of carbonyl (C=O) groups is 1. The summed E-state index contributed by atoms with van der Waals surface area (Å²) in [5.41, 5.74) is -0.0620. The van der Waals surface area contributed by atoms with E-state index in [2.05, 4.69) is 4.98 Å². The fourth-order valence-corrected chi connectivity index (χ4v) is 1.98. The molecule has 2 aromatic rings. The molecule has 0 amide bonds. The Morgan fingerprint density at radius 3 is 2.55 bits per heavy atom. The number of Topliss-reactive ketones (excluding diaryl/α,β-unsaturated/α-hetero) is 1. The van der Waals surface area contributed by atoms with Crippen molar-refractivity contribution in [3.05, 3.63) is 60.4 Å². The van der Waals surface area contributed by atoms with Crippen LogP contribution in [0.3, 0.4) is 0 Å². The van der Waals surface area contributed by atoms with Gasteiger partial charge in [-0.1, -0.05) is 18.2 Å². The minimum absolute atomic E-state index is 0.0620. The molecule has 5 heteroatoms. The number of pyridine rings is 1. The third-order valence-corrected chi connectivity index (χ3v) is 3.15. The van der Waals surface area contributed by atoms with Gasteiger partial charge in [0.05, 0.1) is 6.61 Å². The van der Waals surface area contributed by atoms with Crippen molar-refractivity contribution in [2.24, 2.45) is 0 Å². The van der Waals surface area contributed by atoms with Crippen LogP contribution in [0.15, 0.2) is 54.9 Å². The number of carbonyl (C=O) groups excluding carboxylic acids is 1. The number of rotatable bonds is 8. The Balaban J connectivity index is 1.74. The van der Waals surface area contributed by atoms with Gasteiger partial charge in [-0.15, -0.1) is 0 Å². The third kappa shape index (κ3) is 4.62. The molecule has 0 aliphatic rings. The number of ether oxygens (including phenoxy) is 1. The van der Waals surface area contributed by atoms with E-state index in [9.17, 15) is 13.6 Å². The van der Waals surface area contributed by atoms with E-state index in [1.54, 1.807) is 12.1 Å². The molecule has 0 N–H and O–H groups in total. The number of nitrogens with zero attached hydrogens (tertiary/aromatic N) is 1. The highest BCUT2D eigenvalue weighted by Crippen LogP contribution is 2.26. The summed E-state index contributed by atoms with van der Waals surface area (Å²) < 4.78 is 33.1. The van der Waals surface area contributed by atoms with Crippen LogP contribution in [0.5, 0.6) is 5.75 Å². The molecule has 1 heterocycles. The summed E-state index contributed by atoms with van der Waals surface area (Å²) in [6.45, 7) is 0.348. The Morgan fingerprint density at radius 1 is 1.09 bits per heavy atom. The van der Waals surface area contributed by atoms with Crippen LogP contribution in [0.25, 0.3) is 0 Å². The molecule has 116 valence electrons. The number of aromatic nitrogens is 1. The van der Waals surface area contributed by atoms with E-state index in [4.69, 9.17) is 4.74 Å². The van der Waals surface area contributed by atoms with Crippen LogP contribution in [-0.2, 0) is 0 Å². The molecule has 0 unspecified atom stereocenters. The van der Waals surface area contributed by atoms with Crippen molar-refractivity contribution in [3.63, 3.8) is 0 Å². The summed E-state index contributed by atoms with van der Waals surface area (Å²) in [6.07, 6.45) is 2.79. The Bertz CT molecular complexity index is 588. The van der Waals surface area contributed by atoms with Crippen LogP contribution in [0, 0.1) is 0 Å². The lowest BCUT2D eigenvalue weighted by atomic mass is 10.0. The smallest absolute Gasteiger partial charge is 0.309 e.